The molecule has 1 heterocycles. The van der Waals surface area contributed by atoms with Gasteiger partial charge in [0.1, 0.15) is 5.84 Å². The zero-order valence-corrected chi connectivity index (χ0v) is 10.7. The van der Waals surface area contributed by atoms with Crippen LogP contribution in [0.25, 0.3) is 0 Å². The molecule has 2 rings (SSSR count). The normalized spacial score (nSPS) is 16.0. The number of rotatable bonds is 2. The van der Waals surface area contributed by atoms with Crippen LogP contribution in [0.15, 0.2) is 33.7 Å². The van der Waals surface area contributed by atoms with Crippen molar-refractivity contribution in [1.82, 2.24) is 0 Å². The van der Waals surface area contributed by atoms with E-state index < -0.39 is 0 Å². The highest BCUT2D eigenvalue weighted by Crippen LogP contribution is 2.28. The summed E-state index contributed by atoms with van der Waals surface area (Å²) in [5.74, 6) is 1.68. The van der Waals surface area contributed by atoms with Crippen molar-refractivity contribution in [2.75, 3.05) is 18.0 Å². The van der Waals surface area contributed by atoms with Crippen molar-refractivity contribution in [2.24, 2.45) is 10.9 Å². The summed E-state index contributed by atoms with van der Waals surface area (Å²) in [4.78, 5) is 6.86. The van der Waals surface area contributed by atoms with Gasteiger partial charge in [0.2, 0.25) is 0 Å². The minimum absolute atomic E-state index is 0.486. The van der Waals surface area contributed by atoms with Crippen molar-refractivity contribution < 1.29 is 0 Å². The molecular formula is C12H15BrN2. The molecule has 1 aliphatic rings. The van der Waals surface area contributed by atoms with Crippen molar-refractivity contribution in [3.05, 3.63) is 28.7 Å². The first kappa shape index (κ1) is 10.7. The number of benzene rings is 1. The minimum atomic E-state index is 0.486. The number of anilines is 1. The van der Waals surface area contributed by atoms with Crippen LogP contribution in [0, 0.1) is 5.92 Å². The Bertz CT molecular complexity index is 385. The van der Waals surface area contributed by atoms with Gasteiger partial charge in [-0.25, -0.2) is 0 Å². The van der Waals surface area contributed by atoms with E-state index in [1.165, 1.54) is 11.5 Å². The first-order valence-corrected chi connectivity index (χ1v) is 6.06. The largest absolute Gasteiger partial charge is 0.327 e. The molecule has 0 saturated carbocycles. The molecule has 0 amide bonds. The fraction of sp³-hybridized carbons (Fsp3) is 0.417. The Kier molecular flexibility index (Phi) is 3.10. The molecule has 3 heteroatoms. The van der Waals surface area contributed by atoms with E-state index in [4.69, 9.17) is 0 Å². The first-order chi connectivity index (χ1) is 7.20. The maximum Gasteiger partial charge on any atom is 0.106 e. The van der Waals surface area contributed by atoms with Crippen LogP contribution in [0.3, 0.4) is 0 Å². The van der Waals surface area contributed by atoms with Crippen LogP contribution in [-0.2, 0) is 0 Å². The monoisotopic (exact) mass is 266 g/mol. The van der Waals surface area contributed by atoms with Crippen molar-refractivity contribution in [3.8, 4) is 0 Å². The maximum atomic E-state index is 4.56. The highest BCUT2D eigenvalue weighted by atomic mass is 79.9. The van der Waals surface area contributed by atoms with Gasteiger partial charge in [-0.1, -0.05) is 26.0 Å². The fourth-order valence-corrected chi connectivity index (χ4v) is 2.37. The SMILES string of the molecule is CC(C)C1=NCCN1c1ccccc1Br. The van der Waals surface area contributed by atoms with E-state index >= 15 is 0 Å². The molecule has 1 aromatic rings. The molecule has 0 N–H and O–H groups in total. The Morgan fingerprint density at radius 2 is 2.07 bits per heavy atom. The molecule has 0 fully saturated rings. The van der Waals surface area contributed by atoms with E-state index in [1.807, 2.05) is 6.07 Å². The molecule has 0 unspecified atom stereocenters. The number of amidine groups is 1. The average molecular weight is 267 g/mol. The van der Waals surface area contributed by atoms with E-state index in [0.29, 0.717) is 5.92 Å². The van der Waals surface area contributed by atoms with Gasteiger partial charge >= 0.3 is 0 Å². The number of hydrogen-bond acceptors (Lipinski definition) is 2. The van der Waals surface area contributed by atoms with E-state index in [9.17, 15) is 0 Å². The van der Waals surface area contributed by atoms with Crippen LogP contribution in [0.4, 0.5) is 5.69 Å². The molecule has 1 aliphatic heterocycles. The molecule has 0 aromatic heterocycles. The lowest BCUT2D eigenvalue weighted by Crippen LogP contribution is -2.31. The average Bonchev–Trinajstić information content (AvgIpc) is 2.67. The summed E-state index contributed by atoms with van der Waals surface area (Å²) in [6.07, 6.45) is 0. The van der Waals surface area contributed by atoms with Gasteiger partial charge in [-0.05, 0) is 28.1 Å². The Morgan fingerprint density at radius 1 is 1.33 bits per heavy atom. The lowest BCUT2D eigenvalue weighted by Gasteiger charge is -2.23. The Labute approximate surface area is 99.1 Å². The molecule has 0 saturated heterocycles. The quantitative estimate of drug-likeness (QED) is 0.802. The summed E-state index contributed by atoms with van der Waals surface area (Å²) >= 11 is 3.59. The maximum absolute atomic E-state index is 4.56. The van der Waals surface area contributed by atoms with Crippen LogP contribution in [-0.4, -0.2) is 18.9 Å². The summed E-state index contributed by atoms with van der Waals surface area (Å²) in [7, 11) is 0. The highest BCUT2D eigenvalue weighted by Gasteiger charge is 2.22. The minimum Gasteiger partial charge on any atom is -0.327 e. The van der Waals surface area contributed by atoms with Crippen LogP contribution in [0.2, 0.25) is 0 Å². The molecule has 0 aliphatic carbocycles. The third kappa shape index (κ3) is 2.07. The van der Waals surface area contributed by atoms with Crippen LogP contribution < -0.4 is 4.90 Å². The lowest BCUT2D eigenvalue weighted by atomic mass is 10.1. The number of hydrogen-bond donors (Lipinski definition) is 0. The van der Waals surface area contributed by atoms with Gasteiger partial charge < -0.3 is 4.90 Å². The second kappa shape index (κ2) is 4.35. The fourth-order valence-electron chi connectivity index (χ4n) is 1.87. The highest BCUT2D eigenvalue weighted by molar-refractivity contribution is 9.10. The zero-order valence-electron chi connectivity index (χ0n) is 9.07. The van der Waals surface area contributed by atoms with Gasteiger partial charge in [-0.2, -0.15) is 0 Å². The van der Waals surface area contributed by atoms with E-state index in [2.05, 4.69) is 57.9 Å². The third-order valence-electron chi connectivity index (χ3n) is 2.53. The van der Waals surface area contributed by atoms with Gasteiger partial charge in [0, 0.05) is 16.9 Å². The predicted octanol–water partition coefficient (Wildman–Crippen LogP) is 3.32. The Morgan fingerprint density at radius 3 is 2.73 bits per heavy atom. The van der Waals surface area contributed by atoms with Gasteiger partial charge in [0.05, 0.1) is 12.2 Å². The van der Waals surface area contributed by atoms with E-state index in [-0.39, 0.29) is 0 Å². The van der Waals surface area contributed by atoms with Crippen molar-refractivity contribution in [3.63, 3.8) is 0 Å². The second-order valence-electron chi connectivity index (χ2n) is 4.00. The predicted molar refractivity (Wildman–Crippen MR) is 68.6 cm³/mol. The van der Waals surface area contributed by atoms with Crippen molar-refractivity contribution in [1.29, 1.82) is 0 Å². The summed E-state index contributed by atoms with van der Waals surface area (Å²) in [5.41, 5.74) is 1.22. The third-order valence-corrected chi connectivity index (χ3v) is 3.20. The van der Waals surface area contributed by atoms with Crippen LogP contribution >= 0.6 is 15.9 Å². The van der Waals surface area contributed by atoms with Gasteiger partial charge in [0.15, 0.2) is 0 Å². The van der Waals surface area contributed by atoms with Crippen LogP contribution in [0.5, 0.6) is 0 Å². The van der Waals surface area contributed by atoms with E-state index in [1.54, 1.807) is 0 Å². The molecule has 0 spiro atoms. The van der Waals surface area contributed by atoms with Crippen molar-refractivity contribution >= 4 is 27.5 Å². The standard InChI is InChI=1S/C12H15BrN2/c1-9(2)12-14-7-8-15(12)11-6-4-3-5-10(11)13/h3-6,9H,7-8H2,1-2H3. The molecule has 15 heavy (non-hydrogen) atoms. The molecule has 2 nitrogen and oxygen atoms in total. The number of nitrogens with zero attached hydrogens (tertiary/aromatic N) is 2. The van der Waals surface area contributed by atoms with Gasteiger partial charge in [-0.3, -0.25) is 4.99 Å². The summed E-state index contributed by atoms with van der Waals surface area (Å²) < 4.78 is 1.14. The smallest absolute Gasteiger partial charge is 0.106 e. The van der Waals surface area contributed by atoms with Crippen molar-refractivity contribution in [2.45, 2.75) is 13.8 Å². The topological polar surface area (TPSA) is 15.6 Å². The zero-order chi connectivity index (χ0) is 10.8. The second-order valence-corrected chi connectivity index (χ2v) is 4.85. The Balaban J connectivity index is 2.33. The summed E-state index contributed by atoms with van der Waals surface area (Å²) in [6, 6.07) is 8.31. The Hall–Kier alpha value is -0.830. The van der Waals surface area contributed by atoms with Crippen LogP contribution in [0.1, 0.15) is 13.8 Å². The number of para-hydroxylation sites is 1. The number of halogens is 1. The molecule has 0 bridgehead atoms. The first-order valence-electron chi connectivity index (χ1n) is 5.26. The van der Waals surface area contributed by atoms with E-state index in [0.717, 1.165) is 17.6 Å². The molecule has 0 radical (unpaired) electrons. The van der Waals surface area contributed by atoms with Gasteiger partial charge in [0.25, 0.3) is 0 Å². The summed E-state index contributed by atoms with van der Waals surface area (Å²) in [6.45, 7) is 6.28. The summed E-state index contributed by atoms with van der Waals surface area (Å²) in [5, 5.41) is 0. The van der Waals surface area contributed by atoms with Gasteiger partial charge in [-0.15, -0.1) is 0 Å². The lowest BCUT2D eigenvalue weighted by molar-refractivity contribution is 0.864. The number of aliphatic imine (C=N–C) groups is 1. The molecule has 80 valence electrons. The molecule has 1 aromatic carbocycles. The molecular weight excluding hydrogens is 252 g/mol. The molecule has 0 atom stereocenters.